The summed E-state index contributed by atoms with van der Waals surface area (Å²) in [6.45, 7) is 11.8. The standard InChI is InChI=1S/C27H35N3O4/c1-3-20-9-12-30(18-21(20)4-2)19-25(32)17-29-27(33)24-6-5-23-16-26(8-7-22(23)15-24)34-14-11-28-10-13-31/h3-8,15-16,25,28,31-32H,1-2,9-14,17-19H2,(H,29,33)/t25-/m0/s1. The van der Waals surface area contributed by atoms with Crippen LogP contribution in [0.15, 0.2) is 72.9 Å². The highest BCUT2D eigenvalue weighted by atomic mass is 16.5. The lowest BCUT2D eigenvalue weighted by Gasteiger charge is -2.30. The number of benzene rings is 2. The lowest BCUT2D eigenvalue weighted by atomic mass is 10.00. The van der Waals surface area contributed by atoms with Crippen LogP contribution in [0, 0.1) is 0 Å². The predicted octanol–water partition coefficient (Wildman–Crippen LogP) is 2.27. The number of β-amino-alcohol motifs (C(OH)–C–C–N with tert-alkyl or cyclic N) is 1. The number of fused-ring (bicyclic) bond motifs is 1. The molecule has 7 heteroatoms. The number of allylic oxidation sites excluding steroid dienone is 1. The van der Waals surface area contributed by atoms with Crippen molar-refractivity contribution in [2.45, 2.75) is 12.5 Å². The number of rotatable bonds is 13. The van der Waals surface area contributed by atoms with Crippen LogP contribution in [0.5, 0.6) is 5.75 Å². The van der Waals surface area contributed by atoms with Crippen LogP contribution < -0.4 is 15.4 Å². The molecule has 7 nitrogen and oxygen atoms in total. The molecule has 1 heterocycles. The maximum absolute atomic E-state index is 12.6. The summed E-state index contributed by atoms with van der Waals surface area (Å²) < 4.78 is 5.72. The molecule has 0 radical (unpaired) electrons. The summed E-state index contributed by atoms with van der Waals surface area (Å²) in [6, 6.07) is 11.3. The van der Waals surface area contributed by atoms with Crippen molar-refractivity contribution in [3.8, 4) is 5.75 Å². The zero-order chi connectivity index (χ0) is 24.3. The molecular weight excluding hydrogens is 430 g/mol. The Balaban J connectivity index is 1.49. The molecule has 0 unspecified atom stereocenters. The van der Waals surface area contributed by atoms with Gasteiger partial charge in [-0.3, -0.25) is 9.69 Å². The van der Waals surface area contributed by atoms with Gasteiger partial charge in [0.25, 0.3) is 5.91 Å². The second kappa shape index (κ2) is 13.1. The average Bonchev–Trinajstić information content (AvgIpc) is 2.86. The highest BCUT2D eigenvalue weighted by Gasteiger charge is 2.19. The smallest absolute Gasteiger partial charge is 0.251 e. The van der Waals surface area contributed by atoms with Crippen molar-refractivity contribution < 1.29 is 19.7 Å². The van der Waals surface area contributed by atoms with Gasteiger partial charge in [-0.25, -0.2) is 0 Å². The van der Waals surface area contributed by atoms with Crippen LogP contribution in [0.25, 0.3) is 10.8 Å². The number of aliphatic hydroxyl groups excluding tert-OH is 2. The Morgan fingerprint density at radius 1 is 1.12 bits per heavy atom. The summed E-state index contributed by atoms with van der Waals surface area (Å²) >= 11 is 0. The Labute approximate surface area is 201 Å². The van der Waals surface area contributed by atoms with Gasteiger partial charge in [0.05, 0.1) is 12.7 Å². The summed E-state index contributed by atoms with van der Waals surface area (Å²) in [7, 11) is 0. The fraction of sp³-hybridized carbons (Fsp3) is 0.370. The fourth-order valence-electron chi connectivity index (χ4n) is 4.02. The van der Waals surface area contributed by atoms with E-state index in [0.717, 1.165) is 41.6 Å². The molecule has 0 fully saturated rings. The first-order valence-corrected chi connectivity index (χ1v) is 11.7. The third-order valence-electron chi connectivity index (χ3n) is 5.87. The molecule has 34 heavy (non-hydrogen) atoms. The fourth-order valence-corrected chi connectivity index (χ4v) is 4.02. The van der Waals surface area contributed by atoms with E-state index in [9.17, 15) is 9.90 Å². The minimum absolute atomic E-state index is 0.105. The molecule has 1 amide bonds. The first-order valence-electron chi connectivity index (χ1n) is 11.7. The van der Waals surface area contributed by atoms with Crippen LogP contribution in [0.3, 0.4) is 0 Å². The van der Waals surface area contributed by atoms with Crippen LogP contribution >= 0.6 is 0 Å². The highest BCUT2D eigenvalue weighted by Crippen LogP contribution is 2.22. The van der Waals surface area contributed by atoms with Gasteiger partial charge >= 0.3 is 0 Å². The molecule has 3 rings (SSSR count). The van der Waals surface area contributed by atoms with Gasteiger partial charge in [-0.05, 0) is 52.6 Å². The van der Waals surface area contributed by atoms with E-state index in [1.54, 1.807) is 6.07 Å². The topological polar surface area (TPSA) is 94.1 Å². The summed E-state index contributed by atoms with van der Waals surface area (Å²) in [5, 5.41) is 27.0. The molecular formula is C27H35N3O4. The molecule has 0 aromatic heterocycles. The van der Waals surface area contributed by atoms with Crippen molar-refractivity contribution >= 4 is 16.7 Å². The first-order chi connectivity index (χ1) is 16.5. The minimum Gasteiger partial charge on any atom is -0.492 e. The number of nitrogens with one attached hydrogen (secondary N) is 2. The molecule has 0 spiro atoms. The SMILES string of the molecule is C=CC1=C(C=C)CN(C[C@@H](O)CNC(=O)c2ccc3cc(OCCNCCO)ccc3c2)CC1. The zero-order valence-electron chi connectivity index (χ0n) is 19.6. The quantitative estimate of drug-likeness (QED) is 0.339. The molecule has 2 aromatic carbocycles. The Hall–Kier alpha value is -2.97. The van der Waals surface area contributed by atoms with Gasteiger partial charge in [-0.2, -0.15) is 0 Å². The molecule has 0 aliphatic carbocycles. The normalized spacial score (nSPS) is 15.2. The third-order valence-corrected chi connectivity index (χ3v) is 5.87. The largest absolute Gasteiger partial charge is 0.492 e. The molecule has 2 aromatic rings. The highest BCUT2D eigenvalue weighted by molar-refractivity contribution is 5.98. The van der Waals surface area contributed by atoms with E-state index in [2.05, 4.69) is 28.7 Å². The lowest BCUT2D eigenvalue weighted by molar-refractivity contribution is 0.0865. The van der Waals surface area contributed by atoms with Crippen molar-refractivity contribution in [1.82, 2.24) is 15.5 Å². The maximum atomic E-state index is 12.6. The molecule has 182 valence electrons. The number of amides is 1. The summed E-state index contributed by atoms with van der Waals surface area (Å²) in [6.07, 6.45) is 3.95. The molecule has 0 saturated heterocycles. The lowest BCUT2D eigenvalue weighted by Crippen LogP contribution is -2.42. The average molecular weight is 466 g/mol. The number of ether oxygens (including phenoxy) is 1. The Morgan fingerprint density at radius 2 is 1.88 bits per heavy atom. The van der Waals surface area contributed by atoms with Crippen molar-refractivity contribution in [3.05, 3.63) is 78.4 Å². The van der Waals surface area contributed by atoms with Crippen molar-refractivity contribution in [2.24, 2.45) is 0 Å². The van der Waals surface area contributed by atoms with Crippen molar-refractivity contribution in [3.63, 3.8) is 0 Å². The molecule has 1 atom stereocenters. The number of nitrogens with zero attached hydrogens (tertiary/aromatic N) is 1. The van der Waals surface area contributed by atoms with E-state index in [-0.39, 0.29) is 19.1 Å². The van der Waals surface area contributed by atoms with Gasteiger partial charge in [0, 0.05) is 44.8 Å². The van der Waals surface area contributed by atoms with E-state index in [0.29, 0.717) is 31.8 Å². The van der Waals surface area contributed by atoms with Crippen LogP contribution in [0.1, 0.15) is 16.8 Å². The van der Waals surface area contributed by atoms with Gasteiger partial charge in [0.15, 0.2) is 0 Å². The van der Waals surface area contributed by atoms with Crippen molar-refractivity contribution in [2.75, 3.05) is 52.5 Å². The van der Waals surface area contributed by atoms with Gasteiger partial charge in [0.1, 0.15) is 12.4 Å². The van der Waals surface area contributed by atoms with Gasteiger partial charge in [0.2, 0.25) is 0 Å². The Morgan fingerprint density at radius 3 is 2.65 bits per heavy atom. The second-order valence-electron chi connectivity index (χ2n) is 8.35. The van der Waals surface area contributed by atoms with E-state index in [1.165, 1.54) is 5.57 Å². The Kier molecular flexibility index (Phi) is 9.85. The van der Waals surface area contributed by atoms with E-state index < -0.39 is 6.10 Å². The second-order valence-corrected chi connectivity index (χ2v) is 8.35. The van der Waals surface area contributed by atoms with Gasteiger partial charge < -0.3 is 25.6 Å². The summed E-state index contributed by atoms with van der Waals surface area (Å²) in [4.78, 5) is 14.8. The molecule has 4 N–H and O–H groups in total. The van der Waals surface area contributed by atoms with Crippen LogP contribution in [-0.2, 0) is 0 Å². The molecule has 0 bridgehead atoms. The predicted molar refractivity (Wildman–Crippen MR) is 136 cm³/mol. The van der Waals surface area contributed by atoms with E-state index in [1.807, 2.05) is 42.5 Å². The van der Waals surface area contributed by atoms with E-state index in [4.69, 9.17) is 9.84 Å². The van der Waals surface area contributed by atoms with Crippen LogP contribution in [0.2, 0.25) is 0 Å². The summed E-state index contributed by atoms with van der Waals surface area (Å²) in [5.41, 5.74) is 2.90. The van der Waals surface area contributed by atoms with Crippen LogP contribution in [-0.4, -0.2) is 79.6 Å². The monoisotopic (exact) mass is 465 g/mol. The minimum atomic E-state index is -0.660. The number of hydrogen-bond acceptors (Lipinski definition) is 6. The molecule has 1 aliphatic rings. The zero-order valence-corrected chi connectivity index (χ0v) is 19.6. The third kappa shape index (κ3) is 7.27. The molecule has 1 aliphatic heterocycles. The van der Waals surface area contributed by atoms with Crippen molar-refractivity contribution in [1.29, 1.82) is 0 Å². The van der Waals surface area contributed by atoms with Crippen LogP contribution in [0.4, 0.5) is 0 Å². The van der Waals surface area contributed by atoms with Gasteiger partial charge in [-0.15, -0.1) is 0 Å². The Bertz CT molecular complexity index is 1030. The van der Waals surface area contributed by atoms with E-state index >= 15 is 0 Å². The number of hydrogen-bond donors (Lipinski definition) is 4. The number of carbonyl (C=O) groups excluding carboxylic acids is 1. The first kappa shape index (κ1) is 25.6. The molecule has 0 saturated carbocycles. The number of carbonyl (C=O) groups is 1. The summed E-state index contributed by atoms with van der Waals surface area (Å²) in [5.74, 6) is 0.543. The maximum Gasteiger partial charge on any atom is 0.251 e. The number of aliphatic hydroxyl groups is 2. The van der Waals surface area contributed by atoms with Gasteiger partial charge in [-0.1, -0.05) is 37.4 Å².